The molecule has 31 heavy (non-hydrogen) atoms. The molecule has 4 rings (SSSR count). The van der Waals surface area contributed by atoms with Crippen molar-refractivity contribution in [1.82, 2.24) is 0 Å². The summed E-state index contributed by atoms with van der Waals surface area (Å²) in [6.45, 7) is 1.65. The van der Waals surface area contributed by atoms with Crippen molar-refractivity contribution in [2.24, 2.45) is 0 Å². The summed E-state index contributed by atoms with van der Waals surface area (Å²) in [7, 11) is 1.22. The van der Waals surface area contributed by atoms with Gasteiger partial charge in [-0.1, -0.05) is 0 Å². The van der Waals surface area contributed by atoms with Crippen LogP contribution in [0.1, 0.15) is 37.4 Å². The predicted molar refractivity (Wildman–Crippen MR) is 102 cm³/mol. The fourth-order valence-corrected chi connectivity index (χ4v) is 3.79. The maximum absolute atomic E-state index is 13.0. The van der Waals surface area contributed by atoms with Crippen LogP contribution >= 0.6 is 0 Å². The number of methoxy groups -OCH3 is 1. The van der Waals surface area contributed by atoms with Crippen LogP contribution in [0, 0.1) is 6.92 Å². The van der Waals surface area contributed by atoms with Crippen molar-refractivity contribution in [3.05, 3.63) is 52.1 Å². The third kappa shape index (κ3) is 3.34. The van der Waals surface area contributed by atoms with Gasteiger partial charge in [-0.25, -0.2) is 0 Å². The van der Waals surface area contributed by atoms with Gasteiger partial charge in [0, 0.05) is 24.3 Å². The highest BCUT2D eigenvalue weighted by Gasteiger charge is 2.45. The summed E-state index contributed by atoms with van der Waals surface area (Å²) in [6.07, 6.45) is -7.64. The highest BCUT2D eigenvalue weighted by atomic mass is 16.8. The number of benzene rings is 2. The van der Waals surface area contributed by atoms with E-state index >= 15 is 0 Å². The molecular weight excluding hydrogens is 412 g/mol. The van der Waals surface area contributed by atoms with Crippen molar-refractivity contribution < 1.29 is 49.3 Å². The summed E-state index contributed by atoms with van der Waals surface area (Å²) in [6, 6.07) is 5.03. The van der Waals surface area contributed by atoms with E-state index in [1.165, 1.54) is 25.3 Å². The first-order valence-corrected chi connectivity index (χ1v) is 9.33. The molecule has 0 unspecified atom stereocenters. The van der Waals surface area contributed by atoms with Gasteiger partial charge in [0.05, 0.1) is 11.1 Å². The third-order valence-corrected chi connectivity index (χ3v) is 5.31. The lowest BCUT2D eigenvalue weighted by Crippen LogP contribution is -2.59. The van der Waals surface area contributed by atoms with Crippen LogP contribution in [0.25, 0.3) is 0 Å². The van der Waals surface area contributed by atoms with Gasteiger partial charge >= 0.3 is 0 Å². The summed E-state index contributed by atoms with van der Waals surface area (Å²) in [5, 5.41) is 50.5. The van der Waals surface area contributed by atoms with E-state index in [1.54, 1.807) is 6.92 Å². The number of carbonyl (C=O) groups excluding carboxylic acids is 2. The first-order chi connectivity index (χ1) is 14.6. The Morgan fingerprint density at radius 1 is 0.806 bits per heavy atom. The Morgan fingerprint density at radius 2 is 1.39 bits per heavy atom. The molecule has 5 N–H and O–H groups in total. The molecule has 1 aliphatic heterocycles. The summed E-state index contributed by atoms with van der Waals surface area (Å²) in [5.74, 6) is -2.42. The van der Waals surface area contributed by atoms with Gasteiger partial charge in [0.1, 0.15) is 35.6 Å². The van der Waals surface area contributed by atoms with Crippen LogP contribution in [0.5, 0.6) is 17.2 Å². The van der Waals surface area contributed by atoms with Crippen LogP contribution in [0.3, 0.4) is 0 Å². The number of hydrogen-bond acceptors (Lipinski definition) is 10. The number of aliphatic hydroxyl groups is 3. The van der Waals surface area contributed by atoms with Gasteiger partial charge in [-0.05, 0) is 30.7 Å². The number of phenolic OH excluding ortho intramolecular Hbond substituents is 2. The normalized spacial score (nSPS) is 27.6. The fourth-order valence-electron chi connectivity index (χ4n) is 3.79. The number of carbonyl (C=O) groups is 2. The number of aliphatic hydroxyl groups excluding tert-OH is 3. The molecule has 5 atom stereocenters. The van der Waals surface area contributed by atoms with E-state index in [-0.39, 0.29) is 33.8 Å². The van der Waals surface area contributed by atoms with E-state index in [2.05, 4.69) is 0 Å². The zero-order chi connectivity index (χ0) is 22.6. The zero-order valence-electron chi connectivity index (χ0n) is 16.5. The van der Waals surface area contributed by atoms with Gasteiger partial charge in [0.15, 0.2) is 12.1 Å². The average Bonchev–Trinajstić information content (AvgIpc) is 2.71. The second-order valence-corrected chi connectivity index (χ2v) is 7.43. The molecule has 2 aromatic rings. The summed E-state index contributed by atoms with van der Waals surface area (Å²) >= 11 is 0. The van der Waals surface area contributed by atoms with Crippen LogP contribution in [0.4, 0.5) is 0 Å². The first kappa shape index (κ1) is 21.2. The molecule has 1 fully saturated rings. The Bertz CT molecular complexity index is 1080. The second kappa shape index (κ2) is 7.59. The van der Waals surface area contributed by atoms with Crippen molar-refractivity contribution in [3.8, 4) is 17.2 Å². The van der Waals surface area contributed by atoms with Gasteiger partial charge < -0.3 is 39.7 Å². The Hall–Kier alpha value is -3.02. The summed E-state index contributed by atoms with van der Waals surface area (Å²) < 4.78 is 15.7. The smallest absolute Gasteiger partial charge is 0.231 e. The lowest BCUT2D eigenvalue weighted by Gasteiger charge is -2.39. The Morgan fingerprint density at radius 3 is 2.03 bits per heavy atom. The Balaban J connectivity index is 1.72. The molecule has 2 aliphatic rings. The molecule has 10 heteroatoms. The third-order valence-electron chi connectivity index (χ3n) is 5.31. The number of rotatable bonds is 3. The molecule has 0 bridgehead atoms. The lowest BCUT2D eigenvalue weighted by atomic mass is 9.82. The molecule has 0 amide bonds. The van der Waals surface area contributed by atoms with Crippen molar-refractivity contribution in [1.29, 1.82) is 0 Å². The van der Waals surface area contributed by atoms with Crippen LogP contribution in [0.15, 0.2) is 24.3 Å². The maximum Gasteiger partial charge on any atom is 0.231 e. The number of aryl methyl sites for hydroxylation is 1. The predicted octanol–water partition coefficient (Wildman–Crippen LogP) is -0.0281. The van der Waals surface area contributed by atoms with Gasteiger partial charge in [0.2, 0.25) is 12.1 Å². The highest BCUT2D eigenvalue weighted by molar-refractivity contribution is 6.30. The van der Waals surface area contributed by atoms with Crippen molar-refractivity contribution >= 4 is 11.6 Å². The van der Waals surface area contributed by atoms with Crippen LogP contribution in [0.2, 0.25) is 0 Å². The lowest BCUT2D eigenvalue weighted by molar-refractivity contribution is -0.327. The van der Waals surface area contributed by atoms with Crippen LogP contribution in [-0.4, -0.2) is 75.1 Å². The van der Waals surface area contributed by atoms with E-state index in [1.807, 2.05) is 0 Å². The van der Waals surface area contributed by atoms with E-state index < -0.39 is 48.2 Å². The molecule has 1 saturated heterocycles. The molecule has 10 nitrogen and oxygen atoms in total. The largest absolute Gasteiger partial charge is 0.507 e. The molecular formula is C21H20O10. The molecule has 0 spiro atoms. The van der Waals surface area contributed by atoms with Gasteiger partial charge in [-0.3, -0.25) is 9.59 Å². The first-order valence-electron chi connectivity index (χ1n) is 9.33. The number of ketones is 2. The zero-order valence-corrected chi connectivity index (χ0v) is 16.5. The molecule has 1 heterocycles. The molecule has 0 aromatic heterocycles. The number of fused-ring (bicyclic) bond motifs is 2. The molecule has 0 saturated carbocycles. The van der Waals surface area contributed by atoms with Crippen LogP contribution in [-0.2, 0) is 9.47 Å². The average molecular weight is 432 g/mol. The molecule has 2 aromatic carbocycles. The SMILES string of the molecule is CO[C@@H]1O[C@@H](Oc2cc(O)c3c(c2)C(=O)c2cc(C)cc(O)c2C3=O)[C@H](O)[C@H](O)[C@H]1O. The summed E-state index contributed by atoms with van der Waals surface area (Å²) in [4.78, 5) is 25.9. The minimum Gasteiger partial charge on any atom is -0.507 e. The Kier molecular flexibility index (Phi) is 5.20. The summed E-state index contributed by atoms with van der Waals surface area (Å²) in [5.41, 5.74) is -0.1000. The number of hydrogen-bond donors (Lipinski definition) is 5. The van der Waals surface area contributed by atoms with E-state index in [0.29, 0.717) is 5.56 Å². The minimum absolute atomic E-state index is 0.0153. The number of ether oxygens (including phenoxy) is 3. The van der Waals surface area contributed by atoms with E-state index in [4.69, 9.17) is 14.2 Å². The van der Waals surface area contributed by atoms with E-state index in [9.17, 15) is 35.1 Å². The van der Waals surface area contributed by atoms with Crippen molar-refractivity contribution in [3.63, 3.8) is 0 Å². The second-order valence-electron chi connectivity index (χ2n) is 7.43. The Labute approximate surface area is 175 Å². The highest BCUT2D eigenvalue weighted by Crippen LogP contribution is 2.40. The quantitative estimate of drug-likeness (QED) is 0.380. The van der Waals surface area contributed by atoms with Crippen molar-refractivity contribution in [2.75, 3.05) is 7.11 Å². The standard InChI is InChI=1S/C21H20O10/c1-7-3-9-13(11(22)4-7)16(25)14-10(15(9)24)5-8(6-12(14)23)30-21-19(28)17(26)18(27)20(29-2)31-21/h3-6,17-23,26-28H,1-2H3/t17-,18-,19-,20-,21-/m1/s1. The van der Waals surface area contributed by atoms with Gasteiger partial charge in [-0.2, -0.15) is 0 Å². The molecule has 0 radical (unpaired) electrons. The number of phenols is 2. The monoisotopic (exact) mass is 432 g/mol. The minimum atomic E-state index is -1.67. The molecule has 164 valence electrons. The fraction of sp³-hybridized carbons (Fsp3) is 0.333. The van der Waals surface area contributed by atoms with Crippen LogP contribution < -0.4 is 4.74 Å². The van der Waals surface area contributed by atoms with Crippen molar-refractivity contribution in [2.45, 2.75) is 37.8 Å². The van der Waals surface area contributed by atoms with Gasteiger partial charge in [0.25, 0.3) is 0 Å². The maximum atomic E-state index is 13.0. The topological polar surface area (TPSA) is 163 Å². The molecule has 1 aliphatic carbocycles. The number of aromatic hydroxyl groups is 2. The van der Waals surface area contributed by atoms with Gasteiger partial charge in [-0.15, -0.1) is 0 Å². The van der Waals surface area contributed by atoms with E-state index in [0.717, 1.165) is 6.07 Å².